The molecule has 0 spiro atoms. The lowest BCUT2D eigenvalue weighted by atomic mass is 10.1. The Morgan fingerprint density at radius 1 is 1.20 bits per heavy atom. The van der Waals surface area contributed by atoms with Gasteiger partial charge in [0.15, 0.2) is 0 Å². The molecule has 2 nitrogen and oxygen atoms in total. The molecule has 1 heterocycles. The van der Waals surface area contributed by atoms with E-state index in [9.17, 15) is 0 Å². The van der Waals surface area contributed by atoms with Crippen molar-refractivity contribution in [2.45, 2.75) is 12.8 Å². The molecule has 1 aromatic heterocycles. The van der Waals surface area contributed by atoms with Gasteiger partial charge in [-0.15, -0.1) is 11.3 Å². The van der Waals surface area contributed by atoms with Gasteiger partial charge >= 0.3 is 0 Å². The van der Waals surface area contributed by atoms with Crippen molar-refractivity contribution in [3.8, 4) is 5.75 Å². The van der Waals surface area contributed by atoms with E-state index in [1.165, 1.54) is 10.6 Å². The van der Waals surface area contributed by atoms with Crippen LogP contribution in [0.5, 0.6) is 5.75 Å². The van der Waals surface area contributed by atoms with Crippen LogP contribution in [0.1, 0.15) is 10.6 Å². The summed E-state index contributed by atoms with van der Waals surface area (Å²) in [6, 6.07) is 8.20. The molecule has 0 saturated carbocycles. The maximum atomic E-state index is 5.11. The molecule has 1 aromatic carbocycles. The van der Waals surface area contributed by atoms with Crippen LogP contribution in [0.4, 0.5) is 0 Å². The van der Waals surface area contributed by atoms with Gasteiger partial charge in [0.05, 0.1) is 12.1 Å². The summed E-state index contributed by atoms with van der Waals surface area (Å²) >= 11 is 1.71. The zero-order valence-corrected chi connectivity index (χ0v) is 9.46. The average Bonchev–Trinajstić information content (AvgIpc) is 2.80. The molecule has 0 aliphatic carbocycles. The molecule has 0 atom stereocenters. The molecular formula is C12H13NOS. The van der Waals surface area contributed by atoms with Gasteiger partial charge < -0.3 is 4.74 Å². The Morgan fingerprint density at radius 3 is 2.60 bits per heavy atom. The number of rotatable bonds is 4. The van der Waals surface area contributed by atoms with Crippen molar-refractivity contribution in [1.82, 2.24) is 4.98 Å². The van der Waals surface area contributed by atoms with Crippen molar-refractivity contribution in [3.05, 3.63) is 46.4 Å². The second-order valence-electron chi connectivity index (χ2n) is 3.27. The van der Waals surface area contributed by atoms with Gasteiger partial charge in [0.25, 0.3) is 0 Å². The van der Waals surface area contributed by atoms with Crippen molar-refractivity contribution in [2.24, 2.45) is 0 Å². The fourth-order valence-electron chi connectivity index (χ4n) is 1.42. The monoisotopic (exact) mass is 219 g/mol. The van der Waals surface area contributed by atoms with Gasteiger partial charge in [-0.05, 0) is 24.1 Å². The number of aromatic nitrogens is 1. The van der Waals surface area contributed by atoms with Crippen LogP contribution in [0.25, 0.3) is 0 Å². The van der Waals surface area contributed by atoms with Crippen molar-refractivity contribution in [3.63, 3.8) is 0 Å². The molecule has 15 heavy (non-hydrogen) atoms. The standard InChI is InChI=1S/C12H13NOS/c1-14-11-5-2-10(3-6-11)4-7-12-13-8-9-15-12/h2-3,5-6,8-9H,4,7H2,1H3. The zero-order chi connectivity index (χ0) is 10.5. The second kappa shape index (κ2) is 4.94. The number of nitrogens with zero attached hydrogens (tertiary/aromatic N) is 1. The first kappa shape index (κ1) is 10.2. The molecule has 0 bridgehead atoms. The van der Waals surface area contributed by atoms with Gasteiger partial charge in [-0.25, -0.2) is 4.98 Å². The van der Waals surface area contributed by atoms with Gasteiger partial charge in [-0.1, -0.05) is 12.1 Å². The van der Waals surface area contributed by atoms with Gasteiger partial charge in [-0.3, -0.25) is 0 Å². The van der Waals surface area contributed by atoms with E-state index in [1.807, 2.05) is 23.7 Å². The highest BCUT2D eigenvalue weighted by atomic mass is 32.1. The molecular weight excluding hydrogens is 206 g/mol. The van der Waals surface area contributed by atoms with Crippen LogP contribution < -0.4 is 4.74 Å². The summed E-state index contributed by atoms with van der Waals surface area (Å²) in [6.45, 7) is 0. The van der Waals surface area contributed by atoms with Crippen molar-refractivity contribution < 1.29 is 4.74 Å². The molecule has 3 heteroatoms. The van der Waals surface area contributed by atoms with E-state index in [0.29, 0.717) is 0 Å². The third kappa shape index (κ3) is 2.80. The van der Waals surface area contributed by atoms with Crippen LogP contribution in [-0.2, 0) is 12.8 Å². The maximum absolute atomic E-state index is 5.11. The smallest absolute Gasteiger partial charge is 0.118 e. The second-order valence-corrected chi connectivity index (χ2v) is 4.25. The summed E-state index contributed by atoms with van der Waals surface area (Å²) in [6.07, 6.45) is 3.91. The fraction of sp³-hybridized carbons (Fsp3) is 0.250. The fourth-order valence-corrected chi connectivity index (χ4v) is 2.04. The summed E-state index contributed by atoms with van der Waals surface area (Å²) in [7, 11) is 1.69. The first-order chi connectivity index (χ1) is 7.38. The molecule has 0 saturated heterocycles. The largest absolute Gasteiger partial charge is 0.497 e. The van der Waals surface area contributed by atoms with Gasteiger partial charge in [-0.2, -0.15) is 0 Å². The van der Waals surface area contributed by atoms with Crippen LogP contribution in [0.2, 0.25) is 0 Å². The Hall–Kier alpha value is -1.35. The predicted octanol–water partition coefficient (Wildman–Crippen LogP) is 2.94. The summed E-state index contributed by atoms with van der Waals surface area (Å²) in [5.74, 6) is 0.910. The molecule has 0 aliphatic rings. The molecule has 0 N–H and O–H groups in total. The molecule has 0 aliphatic heterocycles. The molecule has 0 amide bonds. The van der Waals surface area contributed by atoms with E-state index in [0.717, 1.165) is 18.6 Å². The quantitative estimate of drug-likeness (QED) is 0.788. The van der Waals surface area contributed by atoms with Crippen LogP contribution in [0.15, 0.2) is 35.8 Å². The zero-order valence-electron chi connectivity index (χ0n) is 8.64. The van der Waals surface area contributed by atoms with Crippen molar-refractivity contribution >= 4 is 11.3 Å². The molecule has 78 valence electrons. The lowest BCUT2D eigenvalue weighted by Gasteiger charge is -2.01. The van der Waals surface area contributed by atoms with Gasteiger partial charge in [0, 0.05) is 18.0 Å². The number of thiazole rings is 1. The highest BCUT2D eigenvalue weighted by molar-refractivity contribution is 7.09. The predicted molar refractivity (Wildman–Crippen MR) is 62.5 cm³/mol. The molecule has 0 fully saturated rings. The molecule has 2 rings (SSSR count). The summed E-state index contributed by atoms with van der Waals surface area (Å²) in [5, 5.41) is 3.22. The Kier molecular flexibility index (Phi) is 3.35. The number of hydrogen-bond donors (Lipinski definition) is 0. The van der Waals surface area contributed by atoms with Crippen LogP contribution in [-0.4, -0.2) is 12.1 Å². The minimum Gasteiger partial charge on any atom is -0.497 e. The number of ether oxygens (including phenoxy) is 1. The highest BCUT2D eigenvalue weighted by Crippen LogP contribution is 2.14. The SMILES string of the molecule is COc1ccc(CCc2nccs2)cc1. The average molecular weight is 219 g/mol. The lowest BCUT2D eigenvalue weighted by molar-refractivity contribution is 0.414. The Morgan fingerprint density at radius 2 is 2.00 bits per heavy atom. The molecule has 0 unspecified atom stereocenters. The Bertz CT molecular complexity index is 394. The van der Waals surface area contributed by atoms with E-state index >= 15 is 0 Å². The summed E-state index contributed by atoms with van der Waals surface area (Å²) in [4.78, 5) is 4.26. The Balaban J connectivity index is 1.93. The Labute approximate surface area is 93.6 Å². The van der Waals surface area contributed by atoms with Gasteiger partial charge in [0.1, 0.15) is 5.75 Å². The summed E-state index contributed by atoms with van der Waals surface area (Å²) in [5.41, 5.74) is 1.33. The van der Waals surface area contributed by atoms with E-state index in [2.05, 4.69) is 17.1 Å². The van der Waals surface area contributed by atoms with Crippen LogP contribution >= 0.6 is 11.3 Å². The number of methoxy groups -OCH3 is 1. The number of benzene rings is 1. The normalized spacial score (nSPS) is 10.2. The van der Waals surface area contributed by atoms with E-state index in [4.69, 9.17) is 4.74 Å². The third-order valence-electron chi connectivity index (χ3n) is 2.27. The molecule has 2 aromatic rings. The number of aryl methyl sites for hydroxylation is 2. The van der Waals surface area contributed by atoms with E-state index < -0.39 is 0 Å². The summed E-state index contributed by atoms with van der Waals surface area (Å²) < 4.78 is 5.11. The van der Waals surface area contributed by atoms with E-state index in [-0.39, 0.29) is 0 Å². The minimum atomic E-state index is 0.910. The van der Waals surface area contributed by atoms with Crippen molar-refractivity contribution in [1.29, 1.82) is 0 Å². The third-order valence-corrected chi connectivity index (χ3v) is 3.11. The van der Waals surface area contributed by atoms with Crippen LogP contribution in [0.3, 0.4) is 0 Å². The van der Waals surface area contributed by atoms with E-state index in [1.54, 1.807) is 18.4 Å². The highest BCUT2D eigenvalue weighted by Gasteiger charge is 1.98. The minimum absolute atomic E-state index is 0.910. The first-order valence-electron chi connectivity index (χ1n) is 4.90. The van der Waals surface area contributed by atoms with Crippen molar-refractivity contribution in [2.75, 3.05) is 7.11 Å². The molecule has 0 radical (unpaired) electrons. The topological polar surface area (TPSA) is 22.1 Å². The lowest BCUT2D eigenvalue weighted by Crippen LogP contribution is -1.90. The number of hydrogen-bond acceptors (Lipinski definition) is 3. The van der Waals surface area contributed by atoms with Crippen LogP contribution in [0, 0.1) is 0 Å². The van der Waals surface area contributed by atoms with Gasteiger partial charge in [0.2, 0.25) is 0 Å². The first-order valence-corrected chi connectivity index (χ1v) is 5.78. The maximum Gasteiger partial charge on any atom is 0.118 e.